The second-order valence-electron chi connectivity index (χ2n) is 8.12. The van der Waals surface area contributed by atoms with E-state index < -0.39 is 0 Å². The van der Waals surface area contributed by atoms with Gasteiger partial charge >= 0.3 is 0 Å². The molecular formula is C19H35IN6O. The molecule has 1 aromatic rings. The predicted octanol–water partition coefficient (Wildman–Crippen LogP) is 3.19. The molecule has 3 unspecified atom stereocenters. The molecule has 0 saturated heterocycles. The lowest BCUT2D eigenvalue weighted by Gasteiger charge is -2.52. The number of hydrogen-bond acceptors (Lipinski definition) is 4. The van der Waals surface area contributed by atoms with Gasteiger partial charge in [-0.15, -0.1) is 24.0 Å². The van der Waals surface area contributed by atoms with Gasteiger partial charge in [0, 0.05) is 31.7 Å². The zero-order valence-electron chi connectivity index (χ0n) is 17.3. The summed E-state index contributed by atoms with van der Waals surface area (Å²) in [6.07, 6.45) is 5.82. The fourth-order valence-electron chi connectivity index (χ4n) is 3.89. The van der Waals surface area contributed by atoms with Crippen molar-refractivity contribution < 1.29 is 4.74 Å². The van der Waals surface area contributed by atoms with Crippen LogP contribution in [0.25, 0.3) is 0 Å². The molecule has 7 nitrogen and oxygen atoms in total. The van der Waals surface area contributed by atoms with Gasteiger partial charge in [0.2, 0.25) is 0 Å². The summed E-state index contributed by atoms with van der Waals surface area (Å²) in [5, 5.41) is 11.6. The number of nitrogens with zero attached hydrogens (tertiary/aromatic N) is 4. The highest BCUT2D eigenvalue weighted by molar-refractivity contribution is 14.0. The minimum absolute atomic E-state index is 0. The standard InChI is InChI=1S/C19H34N6O.HI/c1-6-7-11-26-16-12-15(19(16,3)4)23-18(20-5)22-14-9-8-10-25-17(14)21-13(2)24-25;/h14-16H,6-12H2,1-5H3,(H2,20,22,23);1H. The first kappa shape index (κ1) is 22.4. The zero-order valence-corrected chi connectivity index (χ0v) is 19.6. The van der Waals surface area contributed by atoms with Crippen LogP contribution in [0.15, 0.2) is 4.99 Å². The number of aliphatic imine (C=N–C) groups is 1. The van der Waals surface area contributed by atoms with Gasteiger partial charge in [-0.05, 0) is 32.6 Å². The maximum atomic E-state index is 6.06. The fourth-order valence-corrected chi connectivity index (χ4v) is 3.89. The van der Waals surface area contributed by atoms with Crippen LogP contribution in [0.2, 0.25) is 0 Å². The maximum Gasteiger partial charge on any atom is 0.191 e. The van der Waals surface area contributed by atoms with Crippen molar-refractivity contribution in [1.82, 2.24) is 25.4 Å². The van der Waals surface area contributed by atoms with E-state index in [1.165, 1.54) is 6.42 Å². The summed E-state index contributed by atoms with van der Waals surface area (Å²) in [5.41, 5.74) is 0.106. The quantitative estimate of drug-likeness (QED) is 0.277. The van der Waals surface area contributed by atoms with Crippen molar-refractivity contribution in [2.75, 3.05) is 13.7 Å². The summed E-state index contributed by atoms with van der Waals surface area (Å²) in [4.78, 5) is 9.05. The van der Waals surface area contributed by atoms with E-state index >= 15 is 0 Å². The van der Waals surface area contributed by atoms with Crippen LogP contribution in [-0.4, -0.2) is 46.5 Å². The summed E-state index contributed by atoms with van der Waals surface area (Å²) in [6, 6.07) is 0.527. The van der Waals surface area contributed by atoms with Gasteiger partial charge in [-0.3, -0.25) is 4.99 Å². The molecule has 1 aliphatic heterocycles. The van der Waals surface area contributed by atoms with Crippen molar-refractivity contribution in [2.24, 2.45) is 10.4 Å². The van der Waals surface area contributed by atoms with Crippen molar-refractivity contribution in [3.05, 3.63) is 11.6 Å². The smallest absolute Gasteiger partial charge is 0.191 e. The largest absolute Gasteiger partial charge is 0.378 e. The highest BCUT2D eigenvalue weighted by Crippen LogP contribution is 2.42. The van der Waals surface area contributed by atoms with E-state index in [0.29, 0.717) is 12.1 Å². The Hall–Kier alpha value is -0.900. The van der Waals surface area contributed by atoms with E-state index in [1.54, 1.807) is 0 Å². The normalized spacial score (nSPS) is 26.6. The third kappa shape index (κ3) is 4.93. The SMILES string of the molecule is CCCCOC1CC(NC(=NC)NC2CCCn3nc(C)nc32)C1(C)C.I. The first-order valence-corrected chi connectivity index (χ1v) is 9.98. The molecule has 0 spiro atoms. The molecule has 0 amide bonds. The molecule has 0 aromatic carbocycles. The molecular weight excluding hydrogens is 455 g/mol. The van der Waals surface area contributed by atoms with Crippen molar-refractivity contribution in [2.45, 2.75) is 84.5 Å². The van der Waals surface area contributed by atoms with Gasteiger partial charge in [0.1, 0.15) is 11.6 Å². The number of aryl methyl sites for hydroxylation is 2. The van der Waals surface area contributed by atoms with Crippen LogP contribution in [0.3, 0.4) is 0 Å². The van der Waals surface area contributed by atoms with Crippen LogP contribution in [-0.2, 0) is 11.3 Å². The van der Waals surface area contributed by atoms with Gasteiger partial charge in [-0.1, -0.05) is 27.2 Å². The lowest BCUT2D eigenvalue weighted by atomic mass is 9.64. The highest BCUT2D eigenvalue weighted by Gasteiger charge is 2.49. The topological polar surface area (TPSA) is 76.4 Å². The van der Waals surface area contributed by atoms with Crippen LogP contribution in [0.5, 0.6) is 0 Å². The highest BCUT2D eigenvalue weighted by atomic mass is 127. The van der Waals surface area contributed by atoms with E-state index in [2.05, 4.69) is 46.5 Å². The minimum Gasteiger partial charge on any atom is -0.378 e. The zero-order chi connectivity index (χ0) is 18.7. The molecule has 1 aromatic heterocycles. The molecule has 1 fully saturated rings. The monoisotopic (exact) mass is 490 g/mol. The molecule has 154 valence electrons. The molecule has 2 aliphatic rings. The van der Waals surface area contributed by atoms with Crippen LogP contribution < -0.4 is 10.6 Å². The van der Waals surface area contributed by atoms with Crippen LogP contribution in [0, 0.1) is 12.3 Å². The second-order valence-corrected chi connectivity index (χ2v) is 8.12. The van der Waals surface area contributed by atoms with Gasteiger partial charge in [0.25, 0.3) is 0 Å². The third-order valence-corrected chi connectivity index (χ3v) is 5.82. The summed E-state index contributed by atoms with van der Waals surface area (Å²) >= 11 is 0. The van der Waals surface area contributed by atoms with E-state index in [0.717, 1.165) is 56.4 Å². The maximum absolute atomic E-state index is 6.06. The number of nitrogens with one attached hydrogen (secondary N) is 2. The summed E-state index contributed by atoms with van der Waals surface area (Å²) < 4.78 is 8.08. The summed E-state index contributed by atoms with van der Waals surface area (Å²) in [7, 11) is 1.83. The van der Waals surface area contributed by atoms with Gasteiger partial charge in [0.15, 0.2) is 5.96 Å². The van der Waals surface area contributed by atoms with Crippen LogP contribution >= 0.6 is 24.0 Å². The second kappa shape index (κ2) is 9.54. The Bertz CT molecular complexity index is 644. The fraction of sp³-hybridized carbons (Fsp3) is 0.842. The van der Waals surface area contributed by atoms with E-state index in [-0.39, 0.29) is 35.4 Å². The molecule has 8 heteroatoms. The van der Waals surface area contributed by atoms with Crippen molar-refractivity contribution >= 4 is 29.9 Å². The first-order valence-electron chi connectivity index (χ1n) is 9.98. The Morgan fingerprint density at radius 2 is 2.15 bits per heavy atom. The molecule has 2 N–H and O–H groups in total. The van der Waals surface area contributed by atoms with Gasteiger partial charge in [0.05, 0.1) is 12.1 Å². The Labute approximate surface area is 180 Å². The Morgan fingerprint density at radius 3 is 2.81 bits per heavy atom. The number of aromatic nitrogens is 3. The number of hydrogen-bond donors (Lipinski definition) is 2. The van der Waals surface area contributed by atoms with E-state index in [4.69, 9.17) is 4.74 Å². The number of ether oxygens (including phenoxy) is 1. The molecule has 3 atom stereocenters. The number of rotatable bonds is 6. The number of guanidine groups is 1. The van der Waals surface area contributed by atoms with Crippen LogP contribution in [0.4, 0.5) is 0 Å². The van der Waals surface area contributed by atoms with Crippen molar-refractivity contribution in [3.8, 4) is 0 Å². The molecule has 0 radical (unpaired) electrons. The van der Waals surface area contributed by atoms with Gasteiger partial charge < -0.3 is 15.4 Å². The van der Waals surface area contributed by atoms with E-state index in [9.17, 15) is 0 Å². The number of halogens is 1. The van der Waals surface area contributed by atoms with E-state index in [1.807, 2.05) is 18.7 Å². The molecule has 1 aliphatic carbocycles. The van der Waals surface area contributed by atoms with Crippen molar-refractivity contribution in [1.29, 1.82) is 0 Å². The average Bonchev–Trinajstić information content (AvgIpc) is 3.00. The molecule has 1 saturated carbocycles. The van der Waals surface area contributed by atoms with Gasteiger partial charge in [-0.25, -0.2) is 9.67 Å². The minimum atomic E-state index is 0. The molecule has 3 rings (SSSR count). The lowest BCUT2D eigenvalue weighted by Crippen LogP contribution is -2.63. The molecule has 27 heavy (non-hydrogen) atoms. The number of unbranched alkanes of at least 4 members (excludes halogenated alkanes) is 1. The number of fused-ring (bicyclic) bond motifs is 1. The summed E-state index contributed by atoms with van der Waals surface area (Å²) in [6.45, 7) is 10.5. The first-order chi connectivity index (χ1) is 12.5. The van der Waals surface area contributed by atoms with Gasteiger partial charge in [-0.2, -0.15) is 5.10 Å². The molecule has 0 bridgehead atoms. The third-order valence-electron chi connectivity index (χ3n) is 5.82. The van der Waals surface area contributed by atoms with Crippen LogP contribution in [0.1, 0.15) is 70.6 Å². The molecule has 2 heterocycles. The average molecular weight is 490 g/mol. The van der Waals surface area contributed by atoms with Crippen molar-refractivity contribution in [3.63, 3.8) is 0 Å². The Morgan fingerprint density at radius 1 is 1.37 bits per heavy atom. The Kier molecular flexibility index (Phi) is 7.91. The lowest BCUT2D eigenvalue weighted by molar-refractivity contribution is -0.113. The Balaban J connectivity index is 0.00000261. The predicted molar refractivity (Wildman–Crippen MR) is 119 cm³/mol. The summed E-state index contributed by atoms with van der Waals surface area (Å²) in [5.74, 6) is 2.70.